The van der Waals surface area contributed by atoms with Crippen LogP contribution in [0.25, 0.3) is 0 Å². The molecule has 2 N–H and O–H groups in total. The van der Waals surface area contributed by atoms with Crippen LogP contribution in [0.1, 0.15) is 25.3 Å². The number of ether oxygens (including phenoxy) is 1. The summed E-state index contributed by atoms with van der Waals surface area (Å²) in [6.07, 6.45) is 0. The van der Waals surface area contributed by atoms with Crippen LogP contribution in [0.5, 0.6) is 5.75 Å². The first kappa shape index (κ1) is 17.0. The fourth-order valence-corrected chi connectivity index (χ4v) is 2.31. The summed E-state index contributed by atoms with van der Waals surface area (Å²) in [7, 11) is 0. The van der Waals surface area contributed by atoms with Crippen molar-refractivity contribution in [1.29, 1.82) is 0 Å². The largest absolute Gasteiger partial charge is 0.483 e. The van der Waals surface area contributed by atoms with Crippen molar-refractivity contribution in [3.05, 3.63) is 60.2 Å². The first-order valence-corrected chi connectivity index (χ1v) is 7.84. The number of hydrogen-bond acceptors (Lipinski definition) is 3. The van der Waals surface area contributed by atoms with Gasteiger partial charge in [0.25, 0.3) is 5.91 Å². The third kappa shape index (κ3) is 5.38. The molecule has 0 aliphatic carbocycles. The topological polar surface area (TPSA) is 50.4 Å². The van der Waals surface area contributed by atoms with Gasteiger partial charge < -0.3 is 10.1 Å². The Bertz CT molecular complexity index is 672. The van der Waals surface area contributed by atoms with Crippen molar-refractivity contribution in [2.24, 2.45) is 0 Å². The average molecular weight is 328 g/mol. The molecule has 0 fully saturated rings. The maximum atomic E-state index is 11.9. The summed E-state index contributed by atoms with van der Waals surface area (Å²) < 4.78 is 5.61. The smallest absolute Gasteiger partial charge is 0.264 e. The molecule has 0 heterocycles. The van der Waals surface area contributed by atoms with Crippen molar-refractivity contribution in [2.45, 2.75) is 19.8 Å². The van der Waals surface area contributed by atoms with Gasteiger partial charge in [-0.3, -0.25) is 10.1 Å². The van der Waals surface area contributed by atoms with Gasteiger partial charge in [-0.2, -0.15) is 0 Å². The molecule has 0 radical (unpaired) electrons. The van der Waals surface area contributed by atoms with Crippen LogP contribution in [0.3, 0.4) is 0 Å². The zero-order valence-electron chi connectivity index (χ0n) is 13.2. The summed E-state index contributed by atoms with van der Waals surface area (Å²) in [5.41, 5.74) is 1.90. The van der Waals surface area contributed by atoms with Crippen molar-refractivity contribution < 1.29 is 9.53 Å². The van der Waals surface area contributed by atoms with Crippen LogP contribution in [0.15, 0.2) is 54.6 Å². The third-order valence-electron chi connectivity index (χ3n) is 3.18. The maximum Gasteiger partial charge on any atom is 0.264 e. The minimum Gasteiger partial charge on any atom is -0.483 e. The monoisotopic (exact) mass is 328 g/mol. The number of thiocarbonyl (C=S) groups is 1. The number of nitrogens with one attached hydrogen (secondary N) is 2. The molecule has 0 saturated heterocycles. The highest BCUT2D eigenvalue weighted by Crippen LogP contribution is 2.25. The van der Waals surface area contributed by atoms with E-state index in [1.807, 2.05) is 54.6 Å². The molecule has 5 heteroatoms. The van der Waals surface area contributed by atoms with E-state index < -0.39 is 0 Å². The molecule has 0 unspecified atom stereocenters. The molecular formula is C18H20N2O2S. The van der Waals surface area contributed by atoms with Gasteiger partial charge in [-0.15, -0.1) is 0 Å². The Morgan fingerprint density at radius 1 is 1.09 bits per heavy atom. The fraction of sp³-hybridized carbons (Fsp3) is 0.222. The van der Waals surface area contributed by atoms with E-state index in [2.05, 4.69) is 24.5 Å². The summed E-state index contributed by atoms with van der Waals surface area (Å²) in [6, 6.07) is 17.1. The molecule has 0 aliphatic rings. The summed E-state index contributed by atoms with van der Waals surface area (Å²) >= 11 is 5.11. The molecule has 120 valence electrons. The molecule has 2 aromatic rings. The molecule has 23 heavy (non-hydrogen) atoms. The molecule has 0 aliphatic heterocycles. The van der Waals surface area contributed by atoms with Crippen LogP contribution >= 0.6 is 12.2 Å². The van der Waals surface area contributed by atoms with Crippen LogP contribution in [0, 0.1) is 0 Å². The summed E-state index contributed by atoms with van der Waals surface area (Å²) in [5, 5.41) is 5.80. The minimum absolute atomic E-state index is 0.0830. The Hall–Kier alpha value is -2.40. The van der Waals surface area contributed by atoms with Crippen molar-refractivity contribution >= 4 is 28.9 Å². The van der Waals surface area contributed by atoms with Crippen LogP contribution in [0.2, 0.25) is 0 Å². The molecule has 0 bridgehead atoms. The molecule has 2 aromatic carbocycles. The number of benzene rings is 2. The van der Waals surface area contributed by atoms with E-state index in [-0.39, 0.29) is 17.6 Å². The van der Waals surface area contributed by atoms with Gasteiger partial charge in [-0.25, -0.2) is 0 Å². The summed E-state index contributed by atoms with van der Waals surface area (Å²) in [4.78, 5) is 11.9. The fourth-order valence-electron chi connectivity index (χ4n) is 2.08. The van der Waals surface area contributed by atoms with Crippen molar-refractivity contribution in [1.82, 2.24) is 5.32 Å². The Morgan fingerprint density at radius 2 is 1.74 bits per heavy atom. The van der Waals surface area contributed by atoms with E-state index >= 15 is 0 Å². The number of rotatable bonds is 5. The second kappa shape index (κ2) is 8.29. The molecule has 0 atom stereocenters. The van der Waals surface area contributed by atoms with Gasteiger partial charge in [-0.1, -0.05) is 50.2 Å². The maximum absolute atomic E-state index is 11.9. The van der Waals surface area contributed by atoms with Crippen molar-refractivity contribution in [3.8, 4) is 5.75 Å². The normalized spacial score (nSPS) is 10.2. The lowest BCUT2D eigenvalue weighted by Crippen LogP contribution is -2.37. The third-order valence-corrected chi connectivity index (χ3v) is 3.39. The lowest BCUT2D eigenvalue weighted by Gasteiger charge is -2.14. The van der Waals surface area contributed by atoms with E-state index in [1.54, 1.807) is 0 Å². The van der Waals surface area contributed by atoms with Crippen LogP contribution in [0.4, 0.5) is 5.69 Å². The number of anilines is 1. The second-order valence-electron chi connectivity index (χ2n) is 5.35. The zero-order valence-corrected chi connectivity index (χ0v) is 14.0. The van der Waals surface area contributed by atoms with Gasteiger partial charge in [0.1, 0.15) is 5.75 Å². The van der Waals surface area contributed by atoms with Gasteiger partial charge in [0.15, 0.2) is 11.7 Å². The van der Waals surface area contributed by atoms with Crippen molar-refractivity contribution in [2.75, 3.05) is 11.9 Å². The van der Waals surface area contributed by atoms with Crippen LogP contribution in [-0.4, -0.2) is 17.6 Å². The Morgan fingerprint density at radius 3 is 2.43 bits per heavy atom. The minimum atomic E-state index is -0.294. The van der Waals surface area contributed by atoms with Gasteiger partial charge in [-0.05, 0) is 41.9 Å². The predicted molar refractivity (Wildman–Crippen MR) is 96.8 cm³/mol. The van der Waals surface area contributed by atoms with E-state index in [4.69, 9.17) is 17.0 Å². The number of carbonyl (C=O) groups is 1. The summed E-state index contributed by atoms with van der Waals surface area (Å²) in [5.74, 6) is 0.756. The van der Waals surface area contributed by atoms with Gasteiger partial charge in [0.2, 0.25) is 0 Å². The molecule has 0 saturated carbocycles. The highest BCUT2D eigenvalue weighted by molar-refractivity contribution is 7.80. The predicted octanol–water partition coefficient (Wildman–Crippen LogP) is 3.70. The zero-order chi connectivity index (χ0) is 16.7. The van der Waals surface area contributed by atoms with Crippen molar-refractivity contribution in [3.63, 3.8) is 0 Å². The van der Waals surface area contributed by atoms with Crippen LogP contribution in [-0.2, 0) is 4.79 Å². The van der Waals surface area contributed by atoms with E-state index in [0.717, 1.165) is 17.0 Å². The molecule has 0 spiro atoms. The molecule has 2 rings (SSSR count). The number of para-hydroxylation sites is 2. The highest BCUT2D eigenvalue weighted by Gasteiger charge is 2.10. The Labute approximate surface area is 141 Å². The van der Waals surface area contributed by atoms with Crippen LogP contribution < -0.4 is 15.4 Å². The standard InChI is InChI=1S/C18H20N2O2S/c1-13(2)15-10-6-7-11-16(15)22-12-17(21)20-18(23)19-14-8-4-3-5-9-14/h3-11,13H,12H2,1-2H3,(H2,19,20,21,23). The van der Waals surface area contributed by atoms with Gasteiger partial charge >= 0.3 is 0 Å². The van der Waals surface area contributed by atoms with Gasteiger partial charge in [0, 0.05) is 5.69 Å². The Balaban J connectivity index is 1.85. The second-order valence-corrected chi connectivity index (χ2v) is 5.76. The highest BCUT2D eigenvalue weighted by atomic mass is 32.1. The lowest BCUT2D eigenvalue weighted by atomic mass is 10.0. The Kier molecular flexibility index (Phi) is 6.11. The van der Waals surface area contributed by atoms with Gasteiger partial charge in [0.05, 0.1) is 0 Å². The van der Waals surface area contributed by atoms with E-state index in [1.165, 1.54) is 0 Å². The first-order valence-electron chi connectivity index (χ1n) is 7.44. The lowest BCUT2D eigenvalue weighted by molar-refractivity contribution is -0.121. The molecule has 1 amide bonds. The average Bonchev–Trinajstić information content (AvgIpc) is 2.54. The number of carbonyl (C=O) groups excluding carboxylic acids is 1. The quantitative estimate of drug-likeness (QED) is 0.822. The van der Waals surface area contributed by atoms with E-state index in [9.17, 15) is 4.79 Å². The molecule has 4 nitrogen and oxygen atoms in total. The number of hydrogen-bond donors (Lipinski definition) is 2. The molecular weight excluding hydrogens is 308 g/mol. The number of amides is 1. The summed E-state index contributed by atoms with van der Waals surface area (Å²) in [6.45, 7) is 4.09. The van der Waals surface area contributed by atoms with E-state index in [0.29, 0.717) is 5.92 Å². The molecule has 0 aromatic heterocycles. The first-order chi connectivity index (χ1) is 11.1. The SMILES string of the molecule is CC(C)c1ccccc1OCC(=O)NC(=S)Nc1ccccc1.